The number of amides is 2. The highest BCUT2D eigenvalue weighted by Crippen LogP contribution is 2.24. The molecule has 1 fully saturated rings. The van der Waals surface area contributed by atoms with E-state index < -0.39 is 11.7 Å². The van der Waals surface area contributed by atoms with Crippen LogP contribution in [0.5, 0.6) is 0 Å². The number of carbonyl (C=O) groups is 2. The number of fused-ring (bicyclic) bond motifs is 1. The summed E-state index contributed by atoms with van der Waals surface area (Å²) in [5.74, 6) is 0.122. The molecule has 27 heavy (non-hydrogen) atoms. The van der Waals surface area contributed by atoms with Crippen molar-refractivity contribution >= 4 is 35.1 Å². The van der Waals surface area contributed by atoms with Gasteiger partial charge in [0.1, 0.15) is 22.1 Å². The Hall–Kier alpha value is -2.35. The summed E-state index contributed by atoms with van der Waals surface area (Å²) in [4.78, 5) is 30.6. The molecule has 146 valence electrons. The van der Waals surface area contributed by atoms with E-state index in [4.69, 9.17) is 16.3 Å². The van der Waals surface area contributed by atoms with Crippen molar-refractivity contribution in [2.45, 2.75) is 58.1 Å². The second kappa shape index (κ2) is 7.34. The van der Waals surface area contributed by atoms with Crippen molar-refractivity contribution in [1.29, 1.82) is 0 Å². The number of nitrogens with zero attached hydrogens (tertiary/aromatic N) is 4. The SMILES string of the molecule is CN(C(=O)OC(C)(C)C)c1cc(Cl)nc2c(C(=O)NC3CCCC3)cnn12. The third-order valence-corrected chi connectivity index (χ3v) is 4.56. The van der Waals surface area contributed by atoms with E-state index in [1.165, 1.54) is 21.7 Å². The van der Waals surface area contributed by atoms with Crippen molar-refractivity contribution in [3.05, 3.63) is 23.0 Å². The van der Waals surface area contributed by atoms with Gasteiger partial charge in [0.2, 0.25) is 0 Å². The average molecular weight is 394 g/mol. The van der Waals surface area contributed by atoms with Crippen LogP contribution in [-0.4, -0.2) is 45.3 Å². The number of hydrogen-bond acceptors (Lipinski definition) is 5. The third kappa shape index (κ3) is 4.32. The Morgan fingerprint density at radius 2 is 2.00 bits per heavy atom. The largest absolute Gasteiger partial charge is 0.443 e. The minimum absolute atomic E-state index is 0.156. The van der Waals surface area contributed by atoms with Gasteiger partial charge in [-0.15, -0.1) is 0 Å². The van der Waals surface area contributed by atoms with Gasteiger partial charge >= 0.3 is 6.09 Å². The smallest absolute Gasteiger partial charge is 0.415 e. The van der Waals surface area contributed by atoms with Crippen LogP contribution in [0.4, 0.5) is 10.6 Å². The third-order valence-electron chi connectivity index (χ3n) is 4.37. The van der Waals surface area contributed by atoms with Crippen LogP contribution in [0.2, 0.25) is 5.15 Å². The van der Waals surface area contributed by atoms with E-state index >= 15 is 0 Å². The van der Waals surface area contributed by atoms with Crippen molar-refractivity contribution in [2.75, 3.05) is 11.9 Å². The molecule has 1 N–H and O–H groups in total. The molecule has 9 heteroatoms. The summed E-state index contributed by atoms with van der Waals surface area (Å²) in [6.45, 7) is 5.35. The summed E-state index contributed by atoms with van der Waals surface area (Å²) in [5, 5.41) is 7.41. The van der Waals surface area contributed by atoms with Gasteiger partial charge in [0, 0.05) is 19.2 Å². The highest BCUT2D eigenvalue weighted by molar-refractivity contribution is 6.30. The zero-order valence-corrected chi connectivity index (χ0v) is 16.7. The summed E-state index contributed by atoms with van der Waals surface area (Å²) >= 11 is 6.15. The second-order valence-corrected chi connectivity index (χ2v) is 8.11. The summed E-state index contributed by atoms with van der Waals surface area (Å²) < 4.78 is 6.80. The molecule has 2 amide bonds. The zero-order valence-electron chi connectivity index (χ0n) is 16.0. The minimum Gasteiger partial charge on any atom is -0.443 e. The van der Waals surface area contributed by atoms with Crippen LogP contribution in [0.1, 0.15) is 56.8 Å². The Morgan fingerprint density at radius 1 is 1.33 bits per heavy atom. The van der Waals surface area contributed by atoms with Gasteiger partial charge in [-0.3, -0.25) is 9.69 Å². The Bertz CT molecular complexity index is 868. The number of carbonyl (C=O) groups excluding carboxylic acids is 2. The molecule has 0 aliphatic heterocycles. The van der Waals surface area contributed by atoms with Crippen molar-refractivity contribution in [3.63, 3.8) is 0 Å². The highest BCUT2D eigenvalue weighted by atomic mass is 35.5. The van der Waals surface area contributed by atoms with Crippen LogP contribution in [0, 0.1) is 0 Å². The quantitative estimate of drug-likeness (QED) is 0.807. The van der Waals surface area contributed by atoms with E-state index in [-0.39, 0.29) is 17.1 Å². The average Bonchev–Trinajstić information content (AvgIpc) is 3.20. The lowest BCUT2D eigenvalue weighted by atomic mass is 10.2. The topological polar surface area (TPSA) is 88.8 Å². The highest BCUT2D eigenvalue weighted by Gasteiger charge is 2.26. The molecule has 1 saturated carbocycles. The Balaban J connectivity index is 1.92. The predicted octanol–water partition coefficient (Wildman–Crippen LogP) is 3.43. The molecular weight excluding hydrogens is 370 g/mol. The molecule has 2 aromatic rings. The molecule has 3 rings (SSSR count). The number of halogens is 1. The van der Waals surface area contributed by atoms with E-state index in [2.05, 4.69) is 15.4 Å². The first-order chi connectivity index (χ1) is 12.7. The van der Waals surface area contributed by atoms with Crippen LogP contribution < -0.4 is 10.2 Å². The fraction of sp³-hybridized carbons (Fsp3) is 0.556. The fourth-order valence-electron chi connectivity index (χ4n) is 3.07. The molecule has 0 saturated heterocycles. The maximum atomic E-state index is 12.6. The zero-order chi connectivity index (χ0) is 19.8. The first kappa shape index (κ1) is 19.4. The first-order valence-electron chi connectivity index (χ1n) is 8.97. The second-order valence-electron chi connectivity index (χ2n) is 7.72. The van der Waals surface area contributed by atoms with E-state index in [0.717, 1.165) is 25.7 Å². The number of aromatic nitrogens is 3. The molecule has 2 aromatic heterocycles. The molecule has 0 aromatic carbocycles. The standard InChI is InChI=1S/C18H24ClN5O3/c1-18(2,3)27-17(26)23(4)14-9-13(19)22-15-12(10-20-24(14)15)16(25)21-11-7-5-6-8-11/h9-11H,5-8H2,1-4H3,(H,21,25). The molecule has 0 atom stereocenters. The minimum atomic E-state index is -0.641. The summed E-state index contributed by atoms with van der Waals surface area (Å²) in [6.07, 6.45) is 5.08. The summed E-state index contributed by atoms with van der Waals surface area (Å²) in [7, 11) is 1.55. The molecule has 1 aliphatic carbocycles. The Labute approximate surface area is 162 Å². The van der Waals surface area contributed by atoms with Crippen molar-refractivity contribution in [3.8, 4) is 0 Å². The number of anilines is 1. The maximum absolute atomic E-state index is 12.6. The normalized spacial score (nSPS) is 15.1. The van der Waals surface area contributed by atoms with Gasteiger partial charge in [-0.2, -0.15) is 9.61 Å². The van der Waals surface area contributed by atoms with Crippen LogP contribution in [-0.2, 0) is 4.74 Å². The predicted molar refractivity (Wildman–Crippen MR) is 102 cm³/mol. The van der Waals surface area contributed by atoms with E-state index in [1.54, 1.807) is 27.8 Å². The Kier molecular flexibility index (Phi) is 5.28. The van der Waals surface area contributed by atoms with E-state index in [9.17, 15) is 9.59 Å². The molecule has 0 radical (unpaired) electrons. The number of rotatable bonds is 3. The lowest BCUT2D eigenvalue weighted by Gasteiger charge is -2.24. The maximum Gasteiger partial charge on any atom is 0.415 e. The number of hydrogen-bond donors (Lipinski definition) is 1. The van der Waals surface area contributed by atoms with Crippen LogP contribution in [0.3, 0.4) is 0 Å². The number of ether oxygens (including phenoxy) is 1. The van der Waals surface area contributed by atoms with Gasteiger partial charge in [0.25, 0.3) is 5.91 Å². The van der Waals surface area contributed by atoms with Gasteiger partial charge in [0.15, 0.2) is 5.65 Å². The summed E-state index contributed by atoms with van der Waals surface area (Å²) in [5.41, 5.74) is -0.0239. The van der Waals surface area contributed by atoms with Gasteiger partial charge in [-0.1, -0.05) is 24.4 Å². The van der Waals surface area contributed by atoms with Gasteiger partial charge in [-0.25, -0.2) is 9.78 Å². The molecular formula is C18H24ClN5O3. The van der Waals surface area contributed by atoms with Gasteiger partial charge < -0.3 is 10.1 Å². The van der Waals surface area contributed by atoms with Crippen molar-refractivity contribution in [1.82, 2.24) is 19.9 Å². The molecule has 0 unspecified atom stereocenters. The Morgan fingerprint density at radius 3 is 2.63 bits per heavy atom. The van der Waals surface area contributed by atoms with Crippen molar-refractivity contribution in [2.24, 2.45) is 0 Å². The lowest BCUT2D eigenvalue weighted by molar-refractivity contribution is 0.0587. The van der Waals surface area contributed by atoms with Crippen LogP contribution in [0.15, 0.2) is 12.3 Å². The van der Waals surface area contributed by atoms with E-state index in [1.807, 2.05) is 0 Å². The molecule has 8 nitrogen and oxygen atoms in total. The molecule has 0 bridgehead atoms. The lowest BCUT2D eigenvalue weighted by Crippen LogP contribution is -2.35. The fourth-order valence-corrected chi connectivity index (χ4v) is 3.25. The van der Waals surface area contributed by atoms with Crippen molar-refractivity contribution < 1.29 is 14.3 Å². The molecule has 2 heterocycles. The van der Waals surface area contributed by atoms with Gasteiger partial charge in [0.05, 0.1) is 6.20 Å². The van der Waals surface area contributed by atoms with Crippen LogP contribution >= 0.6 is 11.6 Å². The van der Waals surface area contributed by atoms with Gasteiger partial charge in [-0.05, 0) is 33.6 Å². The summed E-state index contributed by atoms with van der Waals surface area (Å²) in [6, 6.07) is 1.68. The van der Waals surface area contributed by atoms with Crippen LogP contribution in [0.25, 0.3) is 5.65 Å². The molecule has 1 aliphatic rings. The monoisotopic (exact) mass is 393 g/mol. The first-order valence-corrected chi connectivity index (χ1v) is 9.35. The molecule has 0 spiro atoms. The van der Waals surface area contributed by atoms with E-state index in [0.29, 0.717) is 17.0 Å². The number of nitrogens with one attached hydrogen (secondary N) is 1.